The van der Waals surface area contributed by atoms with Crippen LogP contribution in [-0.2, 0) is 32.7 Å². The molecule has 21 aliphatic carbocycles. The number of fused-ring (bicyclic) bond motifs is 25. The summed E-state index contributed by atoms with van der Waals surface area (Å²) in [4.78, 5) is 16.2. The summed E-state index contributed by atoms with van der Waals surface area (Å²) in [6.07, 6.45) is 76.1. The van der Waals surface area contributed by atoms with E-state index in [1.165, 1.54) is 233 Å². The molecule has 21 saturated carbocycles. The fraction of sp³-hybridized carbons (Fsp3) is 0.789. The summed E-state index contributed by atoms with van der Waals surface area (Å²) in [5, 5.41) is 73.1. The fourth-order valence-corrected chi connectivity index (χ4v) is 42.7. The molecular weight excluding hydrogens is 1880 g/mol. The van der Waals surface area contributed by atoms with Gasteiger partial charge in [-0.1, -0.05) is 113 Å². The molecule has 21 fully saturated rings. The topological polar surface area (TPSA) is 216 Å². The zero-order valence-electron chi connectivity index (χ0n) is 91.6. The Balaban J connectivity index is 0.000000105. The molecule has 0 spiro atoms. The lowest BCUT2D eigenvalue weighted by Gasteiger charge is -2.57. The Bertz CT molecular complexity index is 5600. The predicted molar refractivity (Wildman–Crippen MR) is 582 cm³/mol. The van der Waals surface area contributed by atoms with Crippen molar-refractivity contribution in [3.8, 4) is 23.1 Å². The monoisotopic (exact) mass is 2060 g/mol. The number of hydrogen-bond donors (Lipinski definition) is 5. The maximum atomic E-state index is 13.4. The van der Waals surface area contributed by atoms with Crippen LogP contribution in [0.15, 0.2) is 142 Å². The molecule has 5 heterocycles. The Kier molecular flexibility index (Phi) is 30.5. The smallest absolute Gasteiger partial charge is 0.266 e. The molecular formula is C128H184ClF3N12O5. The van der Waals surface area contributed by atoms with E-state index in [-0.39, 0.29) is 12.3 Å². The molecule has 0 amide bonds. The largest absolute Gasteiger partial charge is 0.390 e. The minimum atomic E-state index is -2.61. The lowest BCUT2D eigenvalue weighted by atomic mass is 9.48. The second kappa shape index (κ2) is 42.5. The number of imidazole rings is 3. The molecule has 5 aromatic heterocycles. The summed E-state index contributed by atoms with van der Waals surface area (Å²) in [7, 11) is 0. The van der Waals surface area contributed by atoms with E-state index >= 15 is 0 Å². The first kappa shape index (κ1) is 107. The first-order valence-corrected chi connectivity index (χ1v) is 60.9. The SMILES string of the molecule is C=C(Cn1ccnc1)[C@H]1CC[C@H]2[C@@H]3CC[C@@H]4C[C@](O)(C#CC5CC5)CC[C@@H]4[C@H]3CC[C@]12C.C=C(Cn1ccnc1)[C@H]1CC[C@H]2[C@@H]3CC[C@@H]4C[C@](O)(C#CCl)CC[C@@H]4[C@H]3CC[C@]12C.C=C(Cn1ccnc1)[C@H]1CC[C@H]2[C@@H]3CC[C@@H]4C[C@](O)(C(F)F)CC[C@@H]4[C@H]3CC[C@]12C.C=C(Cn1nccn1)[C@H]1CC[C@H]2[C@@H]3CC[C@@H]4C[C@@](C)(O)CC[C@@H]4[C@H]3CC[C@]12C.C=C(Cn1nccn1)[C@H]1CC[C@H]2[C@@H]3CC[C@@H]4C[C@](O)(CF)CC[C@@H]4[C@H]3CC[C@]12C. The van der Waals surface area contributed by atoms with Crippen molar-refractivity contribution in [1.82, 2.24) is 58.6 Å². The number of allylic oxidation sites excluding steroid dienone is 5. The molecule has 21 aliphatic rings. The second-order valence-electron chi connectivity index (χ2n) is 56.5. The van der Waals surface area contributed by atoms with Gasteiger partial charge in [-0.15, -0.1) is 0 Å². The molecule has 5 aromatic rings. The Hall–Kier alpha value is -6.39. The van der Waals surface area contributed by atoms with Crippen molar-refractivity contribution in [2.45, 2.75) is 410 Å². The Morgan fingerprint density at radius 3 is 0.933 bits per heavy atom. The number of aromatic nitrogens is 12. The van der Waals surface area contributed by atoms with Gasteiger partial charge in [0.25, 0.3) is 6.43 Å². The van der Waals surface area contributed by atoms with E-state index in [0.29, 0.717) is 117 Å². The van der Waals surface area contributed by atoms with Crippen LogP contribution in [0.4, 0.5) is 13.2 Å². The molecule has 149 heavy (non-hydrogen) atoms. The number of rotatable bonds is 17. The molecule has 0 radical (unpaired) electrons. The summed E-state index contributed by atoms with van der Waals surface area (Å²) >= 11 is 5.64. The third-order valence-corrected chi connectivity index (χ3v) is 49.4. The van der Waals surface area contributed by atoms with Gasteiger partial charge in [-0.05, 0) is 525 Å². The van der Waals surface area contributed by atoms with Crippen LogP contribution in [0.2, 0.25) is 0 Å². The van der Waals surface area contributed by atoms with Crippen molar-refractivity contribution < 1.29 is 38.7 Å². The minimum Gasteiger partial charge on any atom is -0.390 e. The predicted octanol–water partition coefficient (Wildman–Crippen LogP) is 26.9. The summed E-state index contributed by atoms with van der Waals surface area (Å²) in [5.41, 5.74) is 3.99. The van der Waals surface area contributed by atoms with Gasteiger partial charge in [0.05, 0.1) is 68.1 Å². The average molecular weight is 2060 g/mol. The van der Waals surface area contributed by atoms with Gasteiger partial charge in [-0.25, -0.2) is 28.1 Å². The standard InChI is InChI=1S/C29H40N2O.C26H35ClN2O.C25H36F2N2O.C24H36FN3O.C24H37N3O/c1-20(18-31-16-15-30-19-31)26-7-8-27-25-6-5-22-17-29(32,13-9-21-3-4-21)14-11-23(22)24(25)10-12-28(26,27)2;1-18(16-29-14-13-28-17-29)23-5-6-24-22-4-3-19-15-26(30,11-12-27)10-8-20(19)21(22)7-9-25(23,24)2;1-16(14-29-12-11-28-15-29)21-5-6-22-20-4-3-17-13-25(30,23(26)27)10-8-18(17)19(20)7-9-24(21,22)2;1-16(14-28-26-11-12-27-28)21-5-6-22-20-4-3-17-13-24(29,15-25)10-8-18(17)19(20)7-9-23(21,22)2;1-16(15-27-25-12-13-26-27)21-6-7-22-20-5-4-17-14-23(2,28)10-8-18(17)19(20)9-11-24(21,22)3/h15-16,19,21-27,32H,1,3-8,10-12,14,17-18H2,2H3;13-14,17,19-24,30H,1,3-10,15-16H2,2H3;11-12,15,17-23,30H,1,3-10,13-14H2,2H3;11-12,17-22,29H,1,3-10,13-15H2,2H3;12-13,17-22,28H,1,4-11,14-15H2,2-3H3/t22-,23+,24-,25-,26-,27+,28-,29+;19-,20+,21-,22-,23-,24+,25-,26-;17-,18+,19-,20-,21-,22+,24-,25+;17-,18+,19-,20-,21-,22+,23-,24+;17-,18+,19-,20-,21-,22+,23+,24-/m11111/s1. The van der Waals surface area contributed by atoms with E-state index in [2.05, 4.69) is 159 Å². The van der Waals surface area contributed by atoms with Gasteiger partial charge < -0.3 is 39.2 Å². The van der Waals surface area contributed by atoms with Crippen molar-refractivity contribution in [3.05, 3.63) is 142 Å². The van der Waals surface area contributed by atoms with Gasteiger partial charge in [0.2, 0.25) is 0 Å². The summed E-state index contributed by atoms with van der Waals surface area (Å²) in [6, 6.07) is 0. The summed E-state index contributed by atoms with van der Waals surface area (Å²) in [6.45, 7) is 41.1. The fourth-order valence-electron chi connectivity index (χ4n) is 42.6. The van der Waals surface area contributed by atoms with Gasteiger partial charge in [0, 0.05) is 68.1 Å². The van der Waals surface area contributed by atoms with Crippen molar-refractivity contribution in [2.75, 3.05) is 6.67 Å². The Morgan fingerprint density at radius 2 is 0.617 bits per heavy atom. The number of halogens is 4. The minimum absolute atomic E-state index is 0.279. The van der Waals surface area contributed by atoms with Crippen molar-refractivity contribution in [2.24, 2.45) is 211 Å². The third-order valence-electron chi connectivity index (χ3n) is 49.3. The van der Waals surface area contributed by atoms with Crippen LogP contribution in [0.5, 0.6) is 0 Å². The van der Waals surface area contributed by atoms with E-state index < -0.39 is 41.1 Å². The highest BCUT2D eigenvalue weighted by molar-refractivity contribution is 6.30. The quantitative estimate of drug-likeness (QED) is 0.0434. The van der Waals surface area contributed by atoms with E-state index in [1.807, 2.05) is 43.8 Å². The first-order valence-electron chi connectivity index (χ1n) is 60.6. The molecule has 0 unspecified atom stereocenters. The van der Waals surface area contributed by atoms with Crippen LogP contribution in [0.1, 0.15) is 343 Å². The van der Waals surface area contributed by atoms with Crippen LogP contribution >= 0.6 is 11.6 Å². The third kappa shape index (κ3) is 20.6. The lowest BCUT2D eigenvalue weighted by Crippen LogP contribution is -2.52. The molecule has 40 atom stereocenters. The molecule has 0 bridgehead atoms. The number of hydrogen-bond acceptors (Lipinski definition) is 12. The first-order chi connectivity index (χ1) is 71.5. The van der Waals surface area contributed by atoms with Gasteiger partial charge in [-0.3, -0.25) is 0 Å². The van der Waals surface area contributed by atoms with Crippen LogP contribution in [0, 0.1) is 234 Å². The van der Waals surface area contributed by atoms with Crippen molar-refractivity contribution in [3.63, 3.8) is 0 Å². The number of alkyl halides is 3. The molecule has 814 valence electrons. The highest BCUT2D eigenvalue weighted by Crippen LogP contribution is 2.73. The number of aliphatic hydroxyl groups is 5. The molecule has 21 heteroatoms. The Labute approximate surface area is 895 Å². The van der Waals surface area contributed by atoms with Crippen LogP contribution in [0.25, 0.3) is 0 Å². The lowest BCUT2D eigenvalue weighted by molar-refractivity contribution is -0.158. The maximum absolute atomic E-state index is 13.4. The Morgan fingerprint density at radius 1 is 0.322 bits per heavy atom. The van der Waals surface area contributed by atoms with Crippen LogP contribution in [0.3, 0.4) is 0 Å². The summed E-state index contributed by atoms with van der Waals surface area (Å²) in [5.74, 6) is 32.3. The molecule has 5 N–H and O–H groups in total. The maximum Gasteiger partial charge on any atom is 0.266 e. The van der Waals surface area contributed by atoms with Gasteiger partial charge >= 0.3 is 0 Å². The van der Waals surface area contributed by atoms with Crippen molar-refractivity contribution >= 4 is 11.6 Å². The molecule has 17 nitrogen and oxygen atoms in total. The molecule has 0 aliphatic heterocycles. The molecule has 0 aromatic carbocycles. The van der Waals surface area contributed by atoms with Crippen LogP contribution < -0.4 is 0 Å². The van der Waals surface area contributed by atoms with Crippen molar-refractivity contribution in [1.29, 1.82) is 0 Å². The highest BCUT2D eigenvalue weighted by Gasteiger charge is 2.66. The zero-order chi connectivity index (χ0) is 104. The van der Waals surface area contributed by atoms with E-state index in [9.17, 15) is 38.7 Å². The highest BCUT2D eigenvalue weighted by atomic mass is 35.5. The molecule has 26 rings (SSSR count). The van der Waals surface area contributed by atoms with E-state index in [4.69, 9.17) is 11.6 Å². The average Bonchev–Trinajstić information content (AvgIpc) is 1.64. The zero-order valence-corrected chi connectivity index (χ0v) is 92.4. The normalized spacial score (nSPS) is 46.0. The summed E-state index contributed by atoms with van der Waals surface area (Å²) < 4.78 is 46.7. The van der Waals surface area contributed by atoms with Gasteiger partial charge in [0.15, 0.2) is 0 Å². The van der Waals surface area contributed by atoms with Gasteiger partial charge in [0.1, 0.15) is 23.5 Å². The van der Waals surface area contributed by atoms with Gasteiger partial charge in [-0.2, -0.15) is 30.0 Å². The van der Waals surface area contributed by atoms with E-state index in [0.717, 1.165) is 210 Å². The van der Waals surface area contributed by atoms with E-state index in [1.54, 1.807) is 34.4 Å². The second-order valence-corrected chi connectivity index (χ2v) is 56.7. The number of nitrogens with zero attached hydrogens (tertiary/aromatic N) is 12. The van der Waals surface area contributed by atoms with Crippen LogP contribution in [-0.4, -0.2) is 125 Å². The molecule has 0 saturated heterocycles.